The molecule has 3 heterocycles. The molecule has 0 unspecified atom stereocenters. The molecule has 0 aliphatic carbocycles. The second-order valence-corrected chi connectivity index (χ2v) is 7.51. The van der Waals surface area contributed by atoms with Crippen LogP contribution < -0.4 is 20.6 Å². The van der Waals surface area contributed by atoms with E-state index in [1.807, 2.05) is 19.1 Å². The van der Waals surface area contributed by atoms with Crippen LogP contribution in [0.4, 0.5) is 5.69 Å². The summed E-state index contributed by atoms with van der Waals surface area (Å²) in [5.41, 5.74) is 4.50. The van der Waals surface area contributed by atoms with E-state index in [0.29, 0.717) is 57.4 Å². The van der Waals surface area contributed by atoms with Gasteiger partial charge in [0, 0.05) is 24.1 Å². The highest BCUT2D eigenvalue weighted by atomic mass is 16.5. The van der Waals surface area contributed by atoms with E-state index in [1.54, 1.807) is 24.3 Å². The van der Waals surface area contributed by atoms with Crippen molar-refractivity contribution in [3.63, 3.8) is 0 Å². The summed E-state index contributed by atoms with van der Waals surface area (Å²) in [6.45, 7) is 1.91. The number of nitrogens with zero attached hydrogens (tertiary/aromatic N) is 6. The molecule has 0 bridgehead atoms. The maximum absolute atomic E-state index is 12.9. The van der Waals surface area contributed by atoms with Crippen LogP contribution in [0.1, 0.15) is 28.3 Å². The lowest BCUT2D eigenvalue weighted by Crippen LogP contribution is -2.12. The third kappa shape index (κ3) is 4.77. The molecule has 3 aromatic heterocycles. The van der Waals surface area contributed by atoms with Crippen LogP contribution in [0.2, 0.25) is 0 Å². The van der Waals surface area contributed by atoms with Crippen molar-refractivity contribution in [2.24, 2.45) is 0 Å². The third-order valence-corrected chi connectivity index (χ3v) is 5.28. The first-order valence-corrected chi connectivity index (χ1v) is 10.4. The van der Waals surface area contributed by atoms with Crippen molar-refractivity contribution in [3.05, 3.63) is 75.2 Å². The Kier molecular flexibility index (Phi) is 6.00. The molecule has 35 heavy (non-hydrogen) atoms. The second kappa shape index (κ2) is 9.56. The van der Waals surface area contributed by atoms with Gasteiger partial charge in [-0.3, -0.25) is 10.7 Å². The average Bonchev–Trinajstić information content (AvgIpc) is 3.58. The Morgan fingerprint density at radius 1 is 1.00 bits per heavy atom. The number of tetrazole rings is 2. The third-order valence-electron chi connectivity index (χ3n) is 5.28. The van der Waals surface area contributed by atoms with E-state index in [4.69, 9.17) is 19.1 Å². The maximum Gasteiger partial charge on any atom is 0.340 e. The van der Waals surface area contributed by atoms with E-state index in [2.05, 4.69) is 46.7 Å². The molecule has 14 nitrogen and oxygen atoms in total. The number of aromatic nitrogens is 8. The molecule has 0 fully saturated rings. The molecular weight excluding hydrogens is 458 g/mol. The highest BCUT2D eigenvalue weighted by Crippen LogP contribution is 2.35. The molecule has 0 amide bonds. The summed E-state index contributed by atoms with van der Waals surface area (Å²) < 4.78 is 17.4. The lowest BCUT2D eigenvalue weighted by atomic mass is 9.99. The number of ether oxygens (including phenoxy) is 2. The van der Waals surface area contributed by atoms with Gasteiger partial charge in [0.05, 0.1) is 11.1 Å². The van der Waals surface area contributed by atoms with Gasteiger partial charge in [-0.05, 0) is 30.2 Å². The number of nitrogens with one attached hydrogen (secondary N) is 3. The molecule has 14 heteroatoms. The number of H-pyrrole nitrogens is 2. The van der Waals surface area contributed by atoms with Crippen LogP contribution in [0.3, 0.4) is 0 Å². The number of rotatable bonds is 9. The smallest absolute Gasteiger partial charge is 0.340 e. The minimum atomic E-state index is -0.473. The molecule has 0 radical (unpaired) electrons. The van der Waals surface area contributed by atoms with Crippen molar-refractivity contribution < 1.29 is 19.1 Å². The highest BCUT2D eigenvalue weighted by molar-refractivity contribution is 5.89. The zero-order valence-corrected chi connectivity index (χ0v) is 18.3. The van der Waals surface area contributed by atoms with Crippen molar-refractivity contribution in [1.82, 2.24) is 41.2 Å². The molecule has 0 saturated carbocycles. The summed E-state index contributed by atoms with van der Waals surface area (Å²) in [5.74, 6) is 1.50. The monoisotopic (exact) mass is 477 g/mol. The molecule has 0 atom stereocenters. The van der Waals surface area contributed by atoms with Crippen LogP contribution in [0.15, 0.2) is 45.6 Å². The predicted octanol–water partition coefficient (Wildman–Crippen LogP) is 1.68. The van der Waals surface area contributed by atoms with Gasteiger partial charge >= 0.3 is 5.63 Å². The fourth-order valence-electron chi connectivity index (χ4n) is 3.56. The van der Waals surface area contributed by atoms with Gasteiger partial charge in [-0.15, -0.1) is 20.4 Å². The minimum Gasteiger partial charge on any atom is -0.485 e. The van der Waals surface area contributed by atoms with Gasteiger partial charge < -0.3 is 13.9 Å². The molecule has 0 spiro atoms. The van der Waals surface area contributed by atoms with E-state index >= 15 is 0 Å². The summed E-state index contributed by atoms with van der Waals surface area (Å²) in [4.78, 5) is 12.9. The summed E-state index contributed by atoms with van der Waals surface area (Å²) in [6, 6.07) is 10.3. The topological polar surface area (TPSA) is 190 Å². The van der Waals surface area contributed by atoms with E-state index in [9.17, 15) is 4.79 Å². The Bertz CT molecular complexity index is 1480. The number of benzene rings is 2. The average molecular weight is 477 g/mol. The van der Waals surface area contributed by atoms with Crippen LogP contribution in [0, 0.1) is 6.92 Å². The van der Waals surface area contributed by atoms with Gasteiger partial charge in [-0.25, -0.2) is 4.79 Å². The van der Waals surface area contributed by atoms with Gasteiger partial charge in [0.25, 0.3) is 0 Å². The first kappa shape index (κ1) is 22.0. The Balaban J connectivity index is 1.53. The zero-order chi connectivity index (χ0) is 24.2. The molecule has 5 rings (SSSR count). The Morgan fingerprint density at radius 3 is 2.31 bits per heavy atom. The largest absolute Gasteiger partial charge is 0.485 e. The molecule has 2 aromatic carbocycles. The van der Waals surface area contributed by atoms with Crippen LogP contribution in [-0.4, -0.2) is 46.5 Å². The lowest BCUT2D eigenvalue weighted by molar-refractivity contribution is 0.282. The number of anilines is 1. The number of fused-ring (bicyclic) bond motifs is 1. The summed E-state index contributed by atoms with van der Waals surface area (Å²) in [7, 11) is 0. The molecular formula is C21H19N9O5. The van der Waals surface area contributed by atoms with Crippen molar-refractivity contribution >= 4 is 16.7 Å². The van der Waals surface area contributed by atoms with Crippen molar-refractivity contribution in [2.75, 3.05) is 5.48 Å². The number of aryl methyl sites for hydroxylation is 1. The fourth-order valence-corrected chi connectivity index (χ4v) is 3.56. The predicted molar refractivity (Wildman–Crippen MR) is 119 cm³/mol. The first-order chi connectivity index (χ1) is 17.1. The quantitative estimate of drug-likeness (QED) is 0.178. The van der Waals surface area contributed by atoms with Gasteiger partial charge in [0.2, 0.25) is 11.6 Å². The minimum absolute atomic E-state index is 0.0312. The highest BCUT2D eigenvalue weighted by Gasteiger charge is 2.18. The van der Waals surface area contributed by atoms with Gasteiger partial charge in [-0.2, -0.15) is 10.4 Å². The van der Waals surface area contributed by atoms with E-state index in [-0.39, 0.29) is 13.2 Å². The van der Waals surface area contributed by atoms with Crippen molar-refractivity contribution in [3.8, 4) is 11.5 Å². The van der Waals surface area contributed by atoms with E-state index < -0.39 is 5.63 Å². The van der Waals surface area contributed by atoms with E-state index in [0.717, 1.165) is 5.56 Å². The Labute approximate surface area is 196 Å². The SMILES string of the molecule is Cc1c(Cc2ccc(NO)cc2)c(=O)oc2cc(OCc3nn[nH]n3)cc(OCc3nn[nH]n3)c12. The zero-order valence-electron chi connectivity index (χ0n) is 18.3. The summed E-state index contributed by atoms with van der Waals surface area (Å²) in [5, 5.41) is 36.9. The Morgan fingerprint density at radius 2 is 1.69 bits per heavy atom. The first-order valence-electron chi connectivity index (χ1n) is 10.4. The normalized spacial score (nSPS) is 11.0. The van der Waals surface area contributed by atoms with Crippen LogP contribution in [-0.2, 0) is 19.6 Å². The molecule has 178 valence electrons. The molecule has 0 aliphatic rings. The Hall–Kier alpha value is -4.85. The molecule has 0 saturated heterocycles. The fraction of sp³-hybridized carbons (Fsp3) is 0.190. The standard InChI is InChI=1S/C21H19N9O5/c1-11-15(6-12-2-4-13(26-32)5-3-12)21(31)35-17-8-14(33-9-18-22-27-28-23-18)7-16(20(11)17)34-10-19-24-29-30-25-19/h2-5,7-8,26,32H,6,9-10H2,1H3,(H,22,23,27,28)(H,24,25,29,30). The maximum atomic E-state index is 12.9. The van der Waals surface area contributed by atoms with E-state index in [1.165, 1.54) is 0 Å². The van der Waals surface area contributed by atoms with Crippen molar-refractivity contribution in [2.45, 2.75) is 26.6 Å². The van der Waals surface area contributed by atoms with Crippen LogP contribution >= 0.6 is 0 Å². The van der Waals surface area contributed by atoms with Crippen molar-refractivity contribution in [1.29, 1.82) is 0 Å². The van der Waals surface area contributed by atoms with Crippen LogP contribution in [0.5, 0.6) is 11.5 Å². The molecule has 4 N–H and O–H groups in total. The number of hydrogen-bond acceptors (Lipinski definition) is 12. The summed E-state index contributed by atoms with van der Waals surface area (Å²) >= 11 is 0. The molecule has 0 aliphatic heterocycles. The molecule has 5 aromatic rings. The van der Waals surface area contributed by atoms with Crippen LogP contribution in [0.25, 0.3) is 11.0 Å². The second-order valence-electron chi connectivity index (χ2n) is 7.51. The number of hydrogen-bond donors (Lipinski definition) is 4. The lowest BCUT2D eigenvalue weighted by Gasteiger charge is -2.14. The van der Waals surface area contributed by atoms with Gasteiger partial charge in [0.15, 0.2) is 13.2 Å². The van der Waals surface area contributed by atoms with Gasteiger partial charge in [-0.1, -0.05) is 22.6 Å². The number of aromatic amines is 2. The summed E-state index contributed by atoms with van der Waals surface area (Å²) in [6.07, 6.45) is 0.330. The van der Waals surface area contributed by atoms with Gasteiger partial charge in [0.1, 0.15) is 17.1 Å².